The summed E-state index contributed by atoms with van der Waals surface area (Å²) in [6, 6.07) is 10.5. The van der Waals surface area contributed by atoms with Gasteiger partial charge in [-0.2, -0.15) is 13.2 Å². The summed E-state index contributed by atoms with van der Waals surface area (Å²) in [5.74, 6) is -0.192. The first-order valence-corrected chi connectivity index (χ1v) is 8.43. The molecule has 0 bridgehead atoms. The highest BCUT2D eigenvalue weighted by Gasteiger charge is 2.30. The van der Waals surface area contributed by atoms with E-state index < -0.39 is 23.7 Å². The third-order valence-electron chi connectivity index (χ3n) is 3.45. The van der Waals surface area contributed by atoms with Gasteiger partial charge in [0.2, 0.25) is 0 Å². The van der Waals surface area contributed by atoms with Gasteiger partial charge in [-0.25, -0.2) is 4.79 Å². The van der Waals surface area contributed by atoms with Gasteiger partial charge in [0.05, 0.1) is 12.2 Å². The maximum atomic E-state index is 12.8. The summed E-state index contributed by atoms with van der Waals surface area (Å²) in [7, 11) is 0. The molecule has 150 valence electrons. The lowest BCUT2D eigenvalue weighted by molar-refractivity contribution is -0.137. The van der Waals surface area contributed by atoms with Crippen LogP contribution in [0.1, 0.15) is 22.8 Å². The van der Waals surface area contributed by atoms with E-state index >= 15 is 0 Å². The van der Waals surface area contributed by atoms with Crippen LogP contribution in [-0.4, -0.2) is 31.7 Å². The first-order chi connectivity index (χ1) is 13.3. The number of benzene rings is 2. The Kier molecular flexibility index (Phi) is 7.25. The molecule has 0 spiro atoms. The van der Waals surface area contributed by atoms with E-state index in [9.17, 15) is 22.8 Å². The molecule has 6 nitrogen and oxygen atoms in total. The molecule has 2 rings (SSSR count). The van der Waals surface area contributed by atoms with Crippen molar-refractivity contribution in [2.45, 2.75) is 13.1 Å². The van der Waals surface area contributed by atoms with Crippen molar-refractivity contribution in [1.82, 2.24) is 10.6 Å². The second kappa shape index (κ2) is 9.63. The zero-order chi connectivity index (χ0) is 20.6. The predicted molar refractivity (Wildman–Crippen MR) is 95.3 cm³/mol. The van der Waals surface area contributed by atoms with E-state index in [1.807, 2.05) is 0 Å². The highest BCUT2D eigenvalue weighted by atomic mass is 19.4. The number of carbonyl (C=O) groups is 2. The summed E-state index contributed by atoms with van der Waals surface area (Å²) in [5, 5.41) is 5.06. The first-order valence-electron chi connectivity index (χ1n) is 8.43. The second-order valence-electron chi connectivity index (χ2n) is 5.56. The molecule has 0 fully saturated rings. The molecule has 0 saturated carbocycles. The van der Waals surface area contributed by atoms with Crippen LogP contribution in [0.4, 0.5) is 18.0 Å². The minimum Gasteiger partial charge on any atom is -0.457 e. The van der Waals surface area contributed by atoms with Crippen molar-refractivity contribution in [1.29, 1.82) is 0 Å². The van der Waals surface area contributed by atoms with Gasteiger partial charge in [0.15, 0.2) is 0 Å². The molecule has 0 aliphatic rings. The number of alkyl halides is 3. The smallest absolute Gasteiger partial charge is 0.416 e. The van der Waals surface area contributed by atoms with Crippen molar-refractivity contribution in [3.63, 3.8) is 0 Å². The van der Waals surface area contributed by atoms with E-state index in [1.54, 1.807) is 13.0 Å². The van der Waals surface area contributed by atoms with Crippen LogP contribution in [-0.2, 0) is 10.9 Å². The number of hydrogen-bond acceptors (Lipinski definition) is 4. The molecule has 0 atom stereocenters. The minimum absolute atomic E-state index is 0.00557. The topological polar surface area (TPSA) is 76.7 Å². The Labute approximate surface area is 159 Å². The Morgan fingerprint density at radius 3 is 2.29 bits per heavy atom. The fraction of sp³-hybridized carbons (Fsp3) is 0.263. The molecule has 0 aromatic heterocycles. The zero-order valence-electron chi connectivity index (χ0n) is 15.0. The molecule has 2 N–H and O–H groups in total. The van der Waals surface area contributed by atoms with Crippen LogP contribution in [0, 0.1) is 0 Å². The molecule has 0 radical (unpaired) electrons. The Hall–Kier alpha value is -3.23. The monoisotopic (exact) mass is 396 g/mol. The third kappa shape index (κ3) is 6.49. The Morgan fingerprint density at radius 2 is 1.61 bits per heavy atom. The van der Waals surface area contributed by atoms with Gasteiger partial charge in [-0.05, 0) is 43.3 Å². The number of rotatable bonds is 7. The molecule has 9 heteroatoms. The van der Waals surface area contributed by atoms with Crippen LogP contribution >= 0.6 is 0 Å². The van der Waals surface area contributed by atoms with E-state index in [0.29, 0.717) is 0 Å². The van der Waals surface area contributed by atoms with Gasteiger partial charge in [-0.1, -0.05) is 12.1 Å². The maximum Gasteiger partial charge on any atom is 0.416 e. The fourth-order valence-corrected chi connectivity index (χ4v) is 2.20. The Bertz CT molecular complexity index is 825. The molecular weight excluding hydrogens is 377 g/mol. The molecule has 28 heavy (non-hydrogen) atoms. The number of amides is 2. The van der Waals surface area contributed by atoms with Crippen LogP contribution in [0.25, 0.3) is 0 Å². The van der Waals surface area contributed by atoms with Gasteiger partial charge >= 0.3 is 12.3 Å². The first kappa shape index (κ1) is 21.1. The highest BCUT2D eigenvalue weighted by Crippen LogP contribution is 2.32. The number of hydrogen-bond donors (Lipinski definition) is 2. The summed E-state index contributed by atoms with van der Waals surface area (Å²) in [6.07, 6.45) is -5.05. The lowest BCUT2D eigenvalue weighted by Crippen LogP contribution is -2.34. The lowest BCUT2D eigenvalue weighted by Gasteiger charge is -2.11. The van der Waals surface area contributed by atoms with Crippen LogP contribution in [0.15, 0.2) is 48.5 Å². The number of alkyl carbamates (subject to hydrolysis) is 1. The van der Waals surface area contributed by atoms with E-state index in [1.165, 1.54) is 30.3 Å². The van der Waals surface area contributed by atoms with Crippen molar-refractivity contribution in [3.05, 3.63) is 59.7 Å². The molecule has 0 saturated heterocycles. The standard InChI is InChI=1S/C19H19F3N2O4/c1-2-27-18(26)24-10-9-23-17(25)13-5-3-7-15(11-13)28-16-8-4-6-14(12-16)19(20,21)22/h3-8,11-12H,2,9-10H2,1H3,(H,23,25)(H,24,26). The zero-order valence-corrected chi connectivity index (χ0v) is 15.0. The van der Waals surface area contributed by atoms with Crippen molar-refractivity contribution < 1.29 is 32.2 Å². The summed E-state index contributed by atoms with van der Waals surface area (Å²) in [4.78, 5) is 23.3. The summed E-state index contributed by atoms with van der Waals surface area (Å²) in [5.41, 5.74) is -0.561. The van der Waals surface area contributed by atoms with Gasteiger partial charge in [-0.15, -0.1) is 0 Å². The third-order valence-corrected chi connectivity index (χ3v) is 3.45. The van der Waals surface area contributed by atoms with Gasteiger partial charge in [0.25, 0.3) is 5.91 Å². The second-order valence-corrected chi connectivity index (χ2v) is 5.56. The molecule has 0 aliphatic carbocycles. The SMILES string of the molecule is CCOC(=O)NCCNC(=O)c1cccc(Oc2cccc(C(F)(F)F)c2)c1. The van der Waals surface area contributed by atoms with Crippen molar-refractivity contribution >= 4 is 12.0 Å². The predicted octanol–water partition coefficient (Wildman–Crippen LogP) is 3.97. The average molecular weight is 396 g/mol. The van der Waals surface area contributed by atoms with Crippen molar-refractivity contribution in [2.75, 3.05) is 19.7 Å². The molecule has 0 unspecified atom stereocenters. The average Bonchev–Trinajstić information content (AvgIpc) is 2.65. The Balaban J connectivity index is 1.95. The van der Waals surface area contributed by atoms with E-state index in [4.69, 9.17) is 4.74 Å². The summed E-state index contributed by atoms with van der Waals surface area (Å²) in [6.45, 7) is 2.29. The van der Waals surface area contributed by atoms with Gasteiger partial charge in [-0.3, -0.25) is 4.79 Å². The number of ether oxygens (including phenoxy) is 2. The van der Waals surface area contributed by atoms with Gasteiger partial charge in [0.1, 0.15) is 11.5 Å². The largest absolute Gasteiger partial charge is 0.457 e. The maximum absolute atomic E-state index is 12.8. The van der Waals surface area contributed by atoms with Crippen LogP contribution in [0.5, 0.6) is 11.5 Å². The van der Waals surface area contributed by atoms with Crippen LogP contribution in [0.2, 0.25) is 0 Å². The van der Waals surface area contributed by atoms with Crippen molar-refractivity contribution in [2.24, 2.45) is 0 Å². The van der Waals surface area contributed by atoms with E-state index in [-0.39, 0.29) is 36.8 Å². The minimum atomic E-state index is -4.47. The lowest BCUT2D eigenvalue weighted by atomic mass is 10.2. The number of halogens is 3. The number of carbonyl (C=O) groups excluding carboxylic acids is 2. The van der Waals surface area contributed by atoms with Crippen LogP contribution < -0.4 is 15.4 Å². The molecule has 0 aliphatic heterocycles. The molecule has 2 aromatic carbocycles. The quantitative estimate of drug-likeness (QED) is 0.695. The molecule has 2 aromatic rings. The van der Waals surface area contributed by atoms with Crippen LogP contribution in [0.3, 0.4) is 0 Å². The van der Waals surface area contributed by atoms with Crippen molar-refractivity contribution in [3.8, 4) is 11.5 Å². The Morgan fingerprint density at radius 1 is 0.964 bits per heavy atom. The molecular formula is C19H19F3N2O4. The van der Waals surface area contributed by atoms with E-state index in [2.05, 4.69) is 15.4 Å². The normalized spacial score (nSPS) is 10.9. The number of nitrogens with one attached hydrogen (secondary N) is 2. The summed E-state index contributed by atoms with van der Waals surface area (Å²) >= 11 is 0. The van der Waals surface area contributed by atoms with Gasteiger partial charge in [0, 0.05) is 18.7 Å². The highest BCUT2D eigenvalue weighted by molar-refractivity contribution is 5.94. The molecule has 0 heterocycles. The summed E-state index contributed by atoms with van der Waals surface area (Å²) < 4.78 is 48.4. The van der Waals surface area contributed by atoms with E-state index in [0.717, 1.165) is 12.1 Å². The van der Waals surface area contributed by atoms with Gasteiger partial charge < -0.3 is 20.1 Å². The fourth-order valence-electron chi connectivity index (χ4n) is 2.20. The molecule has 2 amide bonds.